The van der Waals surface area contributed by atoms with Crippen LogP contribution in [0.25, 0.3) is 0 Å². The highest BCUT2D eigenvalue weighted by atomic mass is 79.9. The highest BCUT2D eigenvalue weighted by Crippen LogP contribution is 2.32. The number of hydrogen-bond acceptors (Lipinski definition) is 2. The van der Waals surface area contributed by atoms with Crippen LogP contribution in [-0.2, 0) is 0 Å². The topological polar surface area (TPSA) is 38.3 Å². The quantitative estimate of drug-likeness (QED) is 0.745. The van der Waals surface area contributed by atoms with E-state index < -0.39 is 6.09 Å². The first-order chi connectivity index (χ1) is 9.86. The molecule has 2 aromatic rings. The molecule has 0 saturated heterocycles. The van der Waals surface area contributed by atoms with Gasteiger partial charge in [0.15, 0.2) is 0 Å². The summed E-state index contributed by atoms with van der Waals surface area (Å²) in [5.41, 5.74) is 3.64. The molecule has 0 aliphatic rings. The maximum Gasteiger partial charge on any atom is 0.417 e. The Morgan fingerprint density at radius 1 is 1.14 bits per heavy atom. The summed E-state index contributed by atoms with van der Waals surface area (Å²) < 4.78 is 6.01. The Morgan fingerprint density at radius 2 is 1.86 bits per heavy atom. The maximum absolute atomic E-state index is 12.0. The molecule has 2 aromatic carbocycles. The summed E-state index contributed by atoms with van der Waals surface area (Å²) in [7, 11) is 0. The van der Waals surface area contributed by atoms with Gasteiger partial charge in [0.25, 0.3) is 0 Å². The van der Waals surface area contributed by atoms with Gasteiger partial charge >= 0.3 is 6.09 Å². The molecule has 0 fully saturated rings. The summed E-state index contributed by atoms with van der Waals surface area (Å²) in [5.74, 6) is 0.460. The molecule has 0 unspecified atom stereocenters. The van der Waals surface area contributed by atoms with Gasteiger partial charge in [-0.05, 0) is 66.0 Å². The highest BCUT2D eigenvalue weighted by molar-refractivity contribution is 9.10. The van der Waals surface area contributed by atoms with Crippen molar-refractivity contribution in [1.82, 2.24) is 0 Å². The second-order valence-corrected chi connectivity index (χ2v) is 6.16. The van der Waals surface area contributed by atoms with Crippen LogP contribution in [0.15, 0.2) is 34.8 Å². The van der Waals surface area contributed by atoms with Gasteiger partial charge in [-0.15, -0.1) is 0 Å². The summed E-state index contributed by atoms with van der Waals surface area (Å²) in [4.78, 5) is 12.0. The van der Waals surface area contributed by atoms with E-state index in [1.165, 1.54) is 0 Å². The van der Waals surface area contributed by atoms with Gasteiger partial charge in [0.1, 0.15) is 5.75 Å². The molecule has 2 rings (SSSR count). The van der Waals surface area contributed by atoms with E-state index in [4.69, 9.17) is 16.3 Å². The minimum absolute atomic E-state index is 0.460. The molecule has 0 aromatic heterocycles. The molecule has 0 radical (unpaired) electrons. The molecule has 110 valence electrons. The van der Waals surface area contributed by atoms with E-state index in [9.17, 15) is 4.79 Å². The van der Waals surface area contributed by atoms with Crippen molar-refractivity contribution in [3.05, 3.63) is 56.5 Å². The molecule has 3 nitrogen and oxygen atoms in total. The van der Waals surface area contributed by atoms with E-state index in [1.807, 2.05) is 39.0 Å². The van der Waals surface area contributed by atoms with Crippen LogP contribution in [0.3, 0.4) is 0 Å². The summed E-state index contributed by atoms with van der Waals surface area (Å²) in [5, 5.41) is 3.32. The van der Waals surface area contributed by atoms with Crippen molar-refractivity contribution in [2.45, 2.75) is 20.8 Å². The molecule has 0 saturated carbocycles. The lowest BCUT2D eigenvalue weighted by molar-refractivity contribution is 0.214. The van der Waals surface area contributed by atoms with E-state index in [1.54, 1.807) is 12.1 Å². The fourth-order valence-corrected chi connectivity index (χ4v) is 3.05. The summed E-state index contributed by atoms with van der Waals surface area (Å²) in [6.07, 6.45) is -0.534. The smallest absolute Gasteiger partial charge is 0.409 e. The standard InChI is InChI=1S/C16H15BrClNO2/c1-9-4-5-14(10(2)6-9)19-16(20)21-15-11(3)7-12(18)8-13(15)17/h4-8H,1-3H3,(H,19,20). The van der Waals surface area contributed by atoms with Crippen LogP contribution in [0.5, 0.6) is 5.75 Å². The Kier molecular flexibility index (Phi) is 4.91. The van der Waals surface area contributed by atoms with Crippen molar-refractivity contribution in [1.29, 1.82) is 0 Å². The third-order valence-corrected chi connectivity index (χ3v) is 3.81. The Morgan fingerprint density at radius 3 is 2.48 bits per heavy atom. The number of anilines is 1. The summed E-state index contributed by atoms with van der Waals surface area (Å²) >= 11 is 9.28. The van der Waals surface area contributed by atoms with Crippen molar-refractivity contribution in [2.75, 3.05) is 5.32 Å². The van der Waals surface area contributed by atoms with Gasteiger partial charge in [-0.2, -0.15) is 0 Å². The van der Waals surface area contributed by atoms with Crippen LogP contribution >= 0.6 is 27.5 Å². The second-order valence-electron chi connectivity index (χ2n) is 4.87. The van der Waals surface area contributed by atoms with Crippen LogP contribution < -0.4 is 10.1 Å². The molecule has 0 aliphatic heterocycles. The third-order valence-electron chi connectivity index (χ3n) is 3.01. The maximum atomic E-state index is 12.0. The SMILES string of the molecule is Cc1ccc(NC(=O)Oc2c(C)cc(Cl)cc2Br)c(C)c1. The average molecular weight is 369 g/mol. The fourth-order valence-electron chi connectivity index (χ4n) is 2.00. The van der Waals surface area contributed by atoms with Crippen LogP contribution in [0.2, 0.25) is 5.02 Å². The average Bonchev–Trinajstić information content (AvgIpc) is 2.37. The van der Waals surface area contributed by atoms with E-state index in [2.05, 4.69) is 21.2 Å². The highest BCUT2D eigenvalue weighted by Gasteiger charge is 2.13. The van der Waals surface area contributed by atoms with E-state index in [0.717, 1.165) is 22.4 Å². The first kappa shape index (κ1) is 15.9. The van der Waals surface area contributed by atoms with Crippen molar-refractivity contribution in [3.8, 4) is 5.75 Å². The van der Waals surface area contributed by atoms with Gasteiger partial charge in [-0.3, -0.25) is 5.32 Å². The van der Waals surface area contributed by atoms with E-state index in [0.29, 0.717) is 15.2 Å². The predicted molar refractivity (Wildman–Crippen MR) is 89.5 cm³/mol. The number of nitrogens with one attached hydrogen (secondary N) is 1. The molecular formula is C16H15BrClNO2. The minimum atomic E-state index is -0.534. The Bertz CT molecular complexity index is 678. The van der Waals surface area contributed by atoms with Gasteiger partial charge < -0.3 is 4.74 Å². The first-order valence-electron chi connectivity index (χ1n) is 6.38. The number of benzene rings is 2. The number of rotatable bonds is 2. The number of amides is 1. The Balaban J connectivity index is 2.16. The second kappa shape index (κ2) is 6.50. The zero-order valence-corrected chi connectivity index (χ0v) is 14.3. The van der Waals surface area contributed by atoms with Crippen molar-refractivity contribution >= 4 is 39.3 Å². The number of carbonyl (C=O) groups excluding carboxylic acids is 1. The number of halogens is 2. The molecule has 0 aliphatic carbocycles. The lowest BCUT2D eigenvalue weighted by Gasteiger charge is -2.12. The zero-order valence-electron chi connectivity index (χ0n) is 12.0. The molecule has 1 amide bonds. The number of aryl methyl sites for hydroxylation is 3. The lowest BCUT2D eigenvalue weighted by Crippen LogP contribution is -2.18. The normalized spacial score (nSPS) is 10.3. The number of carbonyl (C=O) groups is 1. The molecular weight excluding hydrogens is 354 g/mol. The largest absolute Gasteiger partial charge is 0.417 e. The molecule has 1 N–H and O–H groups in total. The fraction of sp³-hybridized carbons (Fsp3) is 0.188. The molecule has 0 spiro atoms. The van der Waals surface area contributed by atoms with Crippen LogP contribution in [0, 0.1) is 20.8 Å². The molecule has 0 bridgehead atoms. The molecule has 21 heavy (non-hydrogen) atoms. The van der Waals surface area contributed by atoms with Crippen molar-refractivity contribution < 1.29 is 9.53 Å². The molecule has 0 heterocycles. The van der Waals surface area contributed by atoms with E-state index >= 15 is 0 Å². The lowest BCUT2D eigenvalue weighted by atomic mass is 10.1. The predicted octanol–water partition coefficient (Wildman–Crippen LogP) is 5.64. The summed E-state index contributed by atoms with van der Waals surface area (Å²) in [6, 6.07) is 9.22. The first-order valence-corrected chi connectivity index (χ1v) is 7.55. The van der Waals surface area contributed by atoms with Crippen LogP contribution in [-0.4, -0.2) is 6.09 Å². The van der Waals surface area contributed by atoms with Crippen LogP contribution in [0.4, 0.5) is 10.5 Å². The van der Waals surface area contributed by atoms with Gasteiger partial charge in [0.2, 0.25) is 0 Å². The van der Waals surface area contributed by atoms with Gasteiger partial charge in [-0.1, -0.05) is 29.3 Å². The van der Waals surface area contributed by atoms with Crippen LogP contribution in [0.1, 0.15) is 16.7 Å². The minimum Gasteiger partial charge on any atom is -0.409 e. The summed E-state index contributed by atoms with van der Waals surface area (Å²) in [6.45, 7) is 5.77. The zero-order chi connectivity index (χ0) is 15.6. The van der Waals surface area contributed by atoms with Gasteiger partial charge in [-0.25, -0.2) is 4.79 Å². The monoisotopic (exact) mass is 367 g/mol. The Hall–Kier alpha value is -1.52. The number of ether oxygens (including phenoxy) is 1. The Labute approximate surface area is 137 Å². The van der Waals surface area contributed by atoms with Crippen molar-refractivity contribution in [2.24, 2.45) is 0 Å². The van der Waals surface area contributed by atoms with Gasteiger partial charge in [0.05, 0.1) is 4.47 Å². The molecule has 0 atom stereocenters. The van der Waals surface area contributed by atoms with Crippen molar-refractivity contribution in [3.63, 3.8) is 0 Å². The van der Waals surface area contributed by atoms with E-state index in [-0.39, 0.29) is 0 Å². The van der Waals surface area contributed by atoms with Gasteiger partial charge in [0, 0.05) is 10.7 Å². The number of hydrogen-bond donors (Lipinski definition) is 1. The molecule has 5 heteroatoms. The third kappa shape index (κ3) is 3.99.